The maximum atomic E-state index is 12.5. The molecule has 0 atom stereocenters. The lowest BCUT2D eigenvalue weighted by atomic mass is 10.0. The summed E-state index contributed by atoms with van der Waals surface area (Å²) in [5.41, 5.74) is 5.27. The van der Waals surface area contributed by atoms with E-state index < -0.39 is 0 Å². The average molecular weight is 416 g/mol. The van der Waals surface area contributed by atoms with Gasteiger partial charge in [-0.25, -0.2) is 0 Å². The van der Waals surface area contributed by atoms with Crippen LogP contribution in [0, 0.1) is 0 Å². The number of anilines is 1. The van der Waals surface area contributed by atoms with Gasteiger partial charge >= 0.3 is 0 Å². The van der Waals surface area contributed by atoms with E-state index in [0.29, 0.717) is 6.42 Å². The van der Waals surface area contributed by atoms with Gasteiger partial charge in [-0.1, -0.05) is 48.5 Å². The molecule has 5 rings (SSSR count). The van der Waals surface area contributed by atoms with E-state index in [1.54, 1.807) is 9.80 Å². The van der Waals surface area contributed by atoms with Crippen molar-refractivity contribution in [3.8, 4) is 0 Å². The summed E-state index contributed by atoms with van der Waals surface area (Å²) in [6, 6.07) is 21.8. The molecule has 31 heavy (non-hydrogen) atoms. The fourth-order valence-electron chi connectivity index (χ4n) is 5.26. The van der Waals surface area contributed by atoms with E-state index in [-0.39, 0.29) is 5.91 Å². The summed E-state index contributed by atoms with van der Waals surface area (Å²) >= 11 is 0. The molecule has 0 saturated carbocycles. The largest absolute Gasteiger partial charge is 0.326 e. The van der Waals surface area contributed by atoms with E-state index >= 15 is 0 Å². The first kappa shape index (κ1) is 20.2. The summed E-state index contributed by atoms with van der Waals surface area (Å²) in [4.78, 5) is 15.7. The van der Waals surface area contributed by atoms with Gasteiger partial charge in [0.15, 0.2) is 0 Å². The zero-order valence-electron chi connectivity index (χ0n) is 18.3. The molecule has 160 valence electrons. The van der Waals surface area contributed by atoms with Gasteiger partial charge in [0, 0.05) is 11.3 Å². The first-order valence-corrected chi connectivity index (χ1v) is 11.8. The zero-order valence-corrected chi connectivity index (χ0v) is 18.3. The van der Waals surface area contributed by atoms with Crippen LogP contribution < -0.4 is 15.1 Å². The van der Waals surface area contributed by atoms with Crippen LogP contribution in [0.25, 0.3) is 10.8 Å². The number of carbonyl (C=O) groups is 1. The summed E-state index contributed by atoms with van der Waals surface area (Å²) < 4.78 is 0. The number of benzene rings is 3. The SMILES string of the molecule is O=C(CC[NH+]1CC[NH+](Cc2cccc3ccccc23)CC1)Nc1ccc2c(c1)CCC2. The Hall–Kier alpha value is -2.69. The minimum absolute atomic E-state index is 0.149. The van der Waals surface area contributed by atoms with Gasteiger partial charge in [0.2, 0.25) is 5.91 Å². The average Bonchev–Trinajstić information content (AvgIpc) is 3.27. The smallest absolute Gasteiger partial charge is 0.230 e. The Balaban J connectivity index is 1.08. The quantitative estimate of drug-likeness (QED) is 0.563. The van der Waals surface area contributed by atoms with Gasteiger partial charge in [0.1, 0.15) is 32.7 Å². The number of hydrogen-bond acceptors (Lipinski definition) is 1. The molecule has 0 bridgehead atoms. The van der Waals surface area contributed by atoms with Gasteiger partial charge in [-0.3, -0.25) is 4.79 Å². The molecule has 0 radical (unpaired) electrons. The molecular formula is C27H33N3O+2. The van der Waals surface area contributed by atoms with Crippen molar-refractivity contribution < 1.29 is 14.6 Å². The van der Waals surface area contributed by atoms with Gasteiger partial charge in [0.25, 0.3) is 0 Å². The topological polar surface area (TPSA) is 38.0 Å². The zero-order chi connectivity index (χ0) is 21.0. The van der Waals surface area contributed by atoms with Crippen molar-refractivity contribution in [3.05, 3.63) is 77.4 Å². The monoisotopic (exact) mass is 415 g/mol. The second-order valence-corrected chi connectivity index (χ2v) is 9.20. The number of quaternary nitrogens is 2. The van der Waals surface area contributed by atoms with Gasteiger partial charge < -0.3 is 15.1 Å². The normalized spacial score (nSPS) is 20.5. The molecule has 3 aromatic rings. The summed E-state index contributed by atoms with van der Waals surface area (Å²) in [5.74, 6) is 0.149. The molecule has 0 unspecified atom stereocenters. The number of aryl methyl sites for hydroxylation is 2. The number of carbonyl (C=O) groups excluding carboxylic acids is 1. The van der Waals surface area contributed by atoms with Crippen LogP contribution in [0.4, 0.5) is 5.69 Å². The van der Waals surface area contributed by atoms with Crippen LogP contribution in [0.1, 0.15) is 29.5 Å². The predicted octanol–water partition coefficient (Wildman–Crippen LogP) is 1.64. The van der Waals surface area contributed by atoms with E-state index in [2.05, 4.69) is 66.0 Å². The van der Waals surface area contributed by atoms with Crippen molar-refractivity contribution in [2.45, 2.75) is 32.2 Å². The standard InChI is InChI=1S/C27H31N3O/c31-27(28-25-12-11-21-6-3-8-23(21)19-25)13-14-29-15-17-30(18-16-29)20-24-9-4-7-22-5-1-2-10-26(22)24/h1-2,4-5,7,9-12,19H,3,6,8,13-18,20H2,(H,28,31)/p+2. The van der Waals surface area contributed by atoms with Crippen molar-refractivity contribution in [2.75, 3.05) is 38.0 Å². The molecule has 1 aliphatic carbocycles. The van der Waals surface area contributed by atoms with E-state index in [0.717, 1.165) is 38.3 Å². The van der Waals surface area contributed by atoms with Crippen molar-refractivity contribution in [1.29, 1.82) is 0 Å². The Morgan fingerprint density at radius 3 is 2.52 bits per heavy atom. The lowest BCUT2D eigenvalue weighted by Gasteiger charge is -2.30. The van der Waals surface area contributed by atoms with Crippen molar-refractivity contribution in [2.24, 2.45) is 0 Å². The Kier molecular flexibility index (Phi) is 6.01. The second kappa shape index (κ2) is 9.21. The molecule has 4 nitrogen and oxygen atoms in total. The molecule has 0 spiro atoms. The molecule has 1 fully saturated rings. The van der Waals surface area contributed by atoms with E-state index in [1.807, 2.05) is 0 Å². The third-order valence-corrected chi connectivity index (χ3v) is 7.07. The fourth-order valence-corrected chi connectivity index (χ4v) is 5.26. The summed E-state index contributed by atoms with van der Waals surface area (Å²) in [6.45, 7) is 6.65. The molecule has 1 saturated heterocycles. The molecule has 1 aliphatic heterocycles. The lowest BCUT2D eigenvalue weighted by molar-refractivity contribution is -1.02. The number of fused-ring (bicyclic) bond motifs is 2. The number of rotatable bonds is 6. The van der Waals surface area contributed by atoms with Crippen LogP contribution >= 0.6 is 0 Å². The van der Waals surface area contributed by atoms with E-state index in [1.165, 1.54) is 53.4 Å². The third kappa shape index (κ3) is 4.81. The molecular weight excluding hydrogens is 382 g/mol. The summed E-state index contributed by atoms with van der Waals surface area (Å²) in [5, 5.41) is 5.83. The first-order chi connectivity index (χ1) is 15.2. The van der Waals surface area contributed by atoms with Crippen LogP contribution in [0.5, 0.6) is 0 Å². The minimum Gasteiger partial charge on any atom is -0.326 e. The third-order valence-electron chi connectivity index (χ3n) is 7.07. The minimum atomic E-state index is 0.149. The predicted molar refractivity (Wildman–Crippen MR) is 126 cm³/mol. The Morgan fingerprint density at radius 2 is 1.61 bits per heavy atom. The lowest BCUT2D eigenvalue weighted by Crippen LogP contribution is -3.27. The first-order valence-electron chi connectivity index (χ1n) is 11.8. The van der Waals surface area contributed by atoms with Gasteiger partial charge in [-0.2, -0.15) is 0 Å². The van der Waals surface area contributed by atoms with Gasteiger partial charge in [-0.05, 0) is 53.3 Å². The molecule has 4 heteroatoms. The van der Waals surface area contributed by atoms with Gasteiger partial charge in [0.05, 0.1) is 13.0 Å². The number of hydrogen-bond donors (Lipinski definition) is 3. The summed E-state index contributed by atoms with van der Waals surface area (Å²) in [7, 11) is 0. The second-order valence-electron chi connectivity index (χ2n) is 9.20. The van der Waals surface area contributed by atoms with Crippen molar-refractivity contribution in [1.82, 2.24) is 0 Å². The molecule has 2 aliphatic rings. The van der Waals surface area contributed by atoms with Crippen LogP contribution in [0.3, 0.4) is 0 Å². The Morgan fingerprint density at radius 1 is 0.839 bits per heavy atom. The Bertz CT molecular complexity index is 1060. The van der Waals surface area contributed by atoms with Crippen molar-refractivity contribution >= 4 is 22.4 Å². The van der Waals surface area contributed by atoms with Gasteiger partial charge in [-0.15, -0.1) is 0 Å². The van der Waals surface area contributed by atoms with E-state index in [9.17, 15) is 4.79 Å². The molecule has 1 amide bonds. The number of amides is 1. The van der Waals surface area contributed by atoms with Crippen LogP contribution in [-0.2, 0) is 24.2 Å². The van der Waals surface area contributed by atoms with Crippen LogP contribution in [-0.4, -0.2) is 38.6 Å². The number of piperazine rings is 1. The fraction of sp³-hybridized carbons (Fsp3) is 0.370. The highest BCUT2D eigenvalue weighted by Crippen LogP contribution is 2.24. The van der Waals surface area contributed by atoms with Crippen LogP contribution in [0.15, 0.2) is 60.7 Å². The molecule has 0 aromatic heterocycles. The van der Waals surface area contributed by atoms with Crippen molar-refractivity contribution in [3.63, 3.8) is 0 Å². The number of nitrogens with one attached hydrogen (secondary N) is 3. The highest BCUT2D eigenvalue weighted by Gasteiger charge is 2.24. The maximum absolute atomic E-state index is 12.5. The highest BCUT2D eigenvalue weighted by atomic mass is 16.1. The molecule has 3 aromatic carbocycles. The maximum Gasteiger partial charge on any atom is 0.230 e. The highest BCUT2D eigenvalue weighted by molar-refractivity contribution is 5.90. The molecule has 3 N–H and O–H groups in total. The Labute approximate surface area is 184 Å². The van der Waals surface area contributed by atoms with Crippen LogP contribution in [0.2, 0.25) is 0 Å². The summed E-state index contributed by atoms with van der Waals surface area (Å²) in [6.07, 6.45) is 4.17. The van der Waals surface area contributed by atoms with E-state index in [4.69, 9.17) is 0 Å². The molecule has 1 heterocycles.